The van der Waals surface area contributed by atoms with Crippen molar-refractivity contribution < 1.29 is 19.8 Å². The van der Waals surface area contributed by atoms with Crippen molar-refractivity contribution in [2.45, 2.75) is 70.8 Å². The molecule has 1 aromatic heterocycles. The minimum atomic E-state index is -1.82. The summed E-state index contributed by atoms with van der Waals surface area (Å²) in [5.41, 5.74) is 2.71. The van der Waals surface area contributed by atoms with Crippen molar-refractivity contribution >= 4 is 11.9 Å². The van der Waals surface area contributed by atoms with Gasteiger partial charge in [0.15, 0.2) is 0 Å². The number of aromatic nitrogens is 2. The molecule has 0 radical (unpaired) electrons. The topological polar surface area (TPSA) is 107 Å². The number of hydrogen-bond donors (Lipinski definition) is 3. The Morgan fingerprint density at radius 2 is 1.88 bits per heavy atom. The van der Waals surface area contributed by atoms with Gasteiger partial charge in [-0.1, -0.05) is 32.1 Å². The number of fused-ring (bicyclic) bond motifs is 1. The van der Waals surface area contributed by atoms with Crippen LogP contribution in [-0.4, -0.2) is 50.1 Å². The van der Waals surface area contributed by atoms with Crippen molar-refractivity contribution in [2.24, 2.45) is 5.92 Å². The Labute approximate surface area is 154 Å². The van der Waals surface area contributed by atoms with Gasteiger partial charge in [-0.2, -0.15) is 0 Å². The zero-order valence-electron chi connectivity index (χ0n) is 15.8. The predicted octanol–water partition coefficient (Wildman–Crippen LogP) is 3.02. The number of carboxylic acid groups (broad SMARTS) is 2. The molecule has 2 heterocycles. The first-order valence-electron chi connectivity index (χ1n) is 9.56. The van der Waals surface area contributed by atoms with Crippen molar-refractivity contribution in [3.8, 4) is 0 Å². The van der Waals surface area contributed by atoms with Gasteiger partial charge in [0.1, 0.15) is 0 Å². The first kappa shape index (κ1) is 20.4. The number of imidazole rings is 1. The van der Waals surface area contributed by atoms with Crippen molar-refractivity contribution in [3.63, 3.8) is 0 Å². The van der Waals surface area contributed by atoms with E-state index in [0.717, 1.165) is 12.3 Å². The predicted molar refractivity (Wildman–Crippen MR) is 98.0 cm³/mol. The molecular weight excluding hydrogens is 334 g/mol. The van der Waals surface area contributed by atoms with Gasteiger partial charge in [-0.05, 0) is 39.2 Å². The number of nitrogens with one attached hydrogen (secondary N) is 1. The van der Waals surface area contributed by atoms with E-state index in [1.807, 2.05) is 6.33 Å². The quantitative estimate of drug-likeness (QED) is 0.708. The fourth-order valence-electron chi connectivity index (χ4n) is 4.15. The van der Waals surface area contributed by atoms with Crippen LogP contribution in [0.4, 0.5) is 0 Å². The van der Waals surface area contributed by atoms with Gasteiger partial charge in [0.25, 0.3) is 0 Å². The number of hydrogen-bond acceptors (Lipinski definition) is 4. The summed E-state index contributed by atoms with van der Waals surface area (Å²) in [5, 5.41) is 14.8. The Bertz CT molecular complexity index is 594. The SMILES string of the molecule is CC1(C)c2nc[nH]c2CCN1CCCC1CCCCC1.O=C(O)C(=O)O. The van der Waals surface area contributed by atoms with Crippen LogP contribution in [0, 0.1) is 5.92 Å². The highest BCUT2D eigenvalue weighted by Crippen LogP contribution is 2.34. The summed E-state index contributed by atoms with van der Waals surface area (Å²) < 4.78 is 0. The lowest BCUT2D eigenvalue weighted by atomic mass is 9.85. The van der Waals surface area contributed by atoms with Crippen LogP contribution in [0.2, 0.25) is 0 Å². The van der Waals surface area contributed by atoms with Gasteiger partial charge < -0.3 is 15.2 Å². The maximum atomic E-state index is 9.10. The van der Waals surface area contributed by atoms with E-state index in [1.165, 1.54) is 69.4 Å². The Balaban J connectivity index is 0.000000352. The second-order valence-electron chi connectivity index (χ2n) is 7.78. The van der Waals surface area contributed by atoms with Crippen LogP contribution in [0.5, 0.6) is 0 Å². The third-order valence-electron chi connectivity index (χ3n) is 5.67. The summed E-state index contributed by atoms with van der Waals surface area (Å²) in [4.78, 5) is 28.7. The fourth-order valence-corrected chi connectivity index (χ4v) is 4.15. The molecule has 0 aromatic carbocycles. The number of carboxylic acids is 2. The number of aromatic amines is 1. The van der Waals surface area contributed by atoms with E-state index in [9.17, 15) is 0 Å². The number of H-pyrrole nitrogens is 1. The number of rotatable bonds is 4. The van der Waals surface area contributed by atoms with E-state index < -0.39 is 11.9 Å². The van der Waals surface area contributed by atoms with Gasteiger partial charge in [0.05, 0.1) is 17.6 Å². The minimum Gasteiger partial charge on any atom is -0.473 e. The molecule has 1 aliphatic heterocycles. The van der Waals surface area contributed by atoms with E-state index >= 15 is 0 Å². The maximum absolute atomic E-state index is 9.10. The summed E-state index contributed by atoms with van der Waals surface area (Å²) >= 11 is 0. The normalized spacial score (nSPS) is 19.9. The van der Waals surface area contributed by atoms with Crippen LogP contribution in [0.15, 0.2) is 6.33 Å². The average molecular weight is 365 g/mol. The molecule has 1 aliphatic carbocycles. The molecule has 0 amide bonds. The van der Waals surface area contributed by atoms with E-state index in [2.05, 4.69) is 28.7 Å². The average Bonchev–Trinajstić information content (AvgIpc) is 3.08. The highest BCUT2D eigenvalue weighted by Gasteiger charge is 2.36. The summed E-state index contributed by atoms with van der Waals surface area (Å²) in [6.45, 7) is 7.06. The molecule has 26 heavy (non-hydrogen) atoms. The monoisotopic (exact) mass is 365 g/mol. The van der Waals surface area contributed by atoms with Crippen molar-refractivity contribution in [3.05, 3.63) is 17.7 Å². The summed E-state index contributed by atoms with van der Waals surface area (Å²) in [6, 6.07) is 0. The van der Waals surface area contributed by atoms with Crippen molar-refractivity contribution in [2.75, 3.05) is 13.1 Å². The molecule has 2 aliphatic rings. The highest BCUT2D eigenvalue weighted by molar-refractivity contribution is 6.27. The Hall–Kier alpha value is -1.89. The molecule has 1 saturated carbocycles. The Morgan fingerprint density at radius 3 is 2.50 bits per heavy atom. The number of nitrogens with zero attached hydrogens (tertiary/aromatic N) is 2. The molecule has 7 heteroatoms. The smallest absolute Gasteiger partial charge is 0.414 e. The Morgan fingerprint density at radius 1 is 1.23 bits per heavy atom. The zero-order valence-corrected chi connectivity index (χ0v) is 15.8. The van der Waals surface area contributed by atoms with E-state index in [0.29, 0.717) is 0 Å². The van der Waals surface area contributed by atoms with Gasteiger partial charge in [-0.3, -0.25) is 4.90 Å². The fraction of sp³-hybridized carbons (Fsp3) is 0.737. The lowest BCUT2D eigenvalue weighted by molar-refractivity contribution is -0.159. The molecule has 1 aromatic rings. The molecule has 1 fully saturated rings. The largest absolute Gasteiger partial charge is 0.473 e. The standard InChI is InChI=1S/C17H29N3.C2H2O4/c1-17(2)16-15(18-13-19-16)10-12-20(17)11-6-9-14-7-4-3-5-8-14;3-1(4)2(5)6/h13-14H,3-12H2,1-2H3,(H,18,19);(H,3,4)(H,5,6). The summed E-state index contributed by atoms with van der Waals surface area (Å²) in [6.07, 6.45) is 13.1. The van der Waals surface area contributed by atoms with Gasteiger partial charge >= 0.3 is 11.9 Å². The lowest BCUT2D eigenvalue weighted by Crippen LogP contribution is -2.47. The number of carbonyl (C=O) groups is 2. The van der Waals surface area contributed by atoms with Crippen LogP contribution < -0.4 is 0 Å². The summed E-state index contributed by atoms with van der Waals surface area (Å²) in [7, 11) is 0. The molecule has 0 bridgehead atoms. The van der Waals surface area contributed by atoms with Gasteiger partial charge in [-0.15, -0.1) is 0 Å². The van der Waals surface area contributed by atoms with Crippen molar-refractivity contribution in [1.82, 2.24) is 14.9 Å². The van der Waals surface area contributed by atoms with Gasteiger partial charge in [0.2, 0.25) is 0 Å². The molecule has 3 rings (SSSR count). The third kappa shape index (κ3) is 5.30. The Kier molecular flexibility index (Phi) is 7.20. The highest BCUT2D eigenvalue weighted by atomic mass is 16.4. The van der Waals surface area contributed by atoms with Crippen LogP contribution in [0.3, 0.4) is 0 Å². The second-order valence-corrected chi connectivity index (χ2v) is 7.78. The van der Waals surface area contributed by atoms with E-state index in [1.54, 1.807) is 0 Å². The molecule has 7 nitrogen and oxygen atoms in total. The molecule has 0 spiro atoms. The minimum absolute atomic E-state index is 0.0974. The van der Waals surface area contributed by atoms with Crippen LogP contribution >= 0.6 is 0 Å². The second kappa shape index (κ2) is 9.16. The maximum Gasteiger partial charge on any atom is 0.414 e. The molecule has 0 unspecified atom stereocenters. The first-order valence-corrected chi connectivity index (χ1v) is 9.56. The lowest BCUT2D eigenvalue weighted by Gasteiger charge is -2.41. The van der Waals surface area contributed by atoms with Crippen LogP contribution in [0.25, 0.3) is 0 Å². The molecule has 146 valence electrons. The van der Waals surface area contributed by atoms with E-state index in [4.69, 9.17) is 19.8 Å². The van der Waals surface area contributed by atoms with Crippen LogP contribution in [0.1, 0.15) is 70.2 Å². The zero-order chi connectivity index (χ0) is 19.2. The molecule has 0 saturated heterocycles. The summed E-state index contributed by atoms with van der Waals surface area (Å²) in [5.74, 6) is -2.64. The van der Waals surface area contributed by atoms with Gasteiger partial charge in [0, 0.05) is 18.7 Å². The molecule has 0 atom stereocenters. The van der Waals surface area contributed by atoms with Crippen LogP contribution in [-0.2, 0) is 21.5 Å². The molecular formula is C19H31N3O4. The first-order chi connectivity index (χ1) is 12.3. The third-order valence-corrected chi connectivity index (χ3v) is 5.67. The molecule has 3 N–H and O–H groups in total. The van der Waals surface area contributed by atoms with E-state index in [-0.39, 0.29) is 5.54 Å². The van der Waals surface area contributed by atoms with Crippen molar-refractivity contribution in [1.29, 1.82) is 0 Å². The van der Waals surface area contributed by atoms with Gasteiger partial charge in [-0.25, -0.2) is 14.6 Å². The number of aliphatic carboxylic acids is 2.